The number of rotatable bonds is 7. The zero-order chi connectivity index (χ0) is 17.8. The summed E-state index contributed by atoms with van der Waals surface area (Å²) in [5, 5.41) is 6.34. The highest BCUT2D eigenvalue weighted by atomic mass is 35.5. The van der Waals surface area contributed by atoms with E-state index in [1.54, 1.807) is 0 Å². The van der Waals surface area contributed by atoms with Crippen molar-refractivity contribution in [3.05, 3.63) is 48.0 Å². The third-order valence-electron chi connectivity index (χ3n) is 5.41. The molecule has 0 saturated carbocycles. The first-order valence-electron chi connectivity index (χ1n) is 9.87. The second-order valence-electron chi connectivity index (χ2n) is 7.10. The first kappa shape index (κ1) is 20.2. The number of hydrogen-bond acceptors (Lipinski definition) is 3. The van der Waals surface area contributed by atoms with E-state index in [1.165, 1.54) is 40.3 Å². The number of ether oxygens (including phenoxy) is 1. The van der Waals surface area contributed by atoms with Gasteiger partial charge in [-0.1, -0.05) is 24.3 Å². The van der Waals surface area contributed by atoms with Crippen LogP contribution in [0.3, 0.4) is 0 Å². The van der Waals surface area contributed by atoms with Gasteiger partial charge in [0.05, 0.1) is 13.2 Å². The summed E-state index contributed by atoms with van der Waals surface area (Å²) in [7, 11) is 0. The third-order valence-corrected chi connectivity index (χ3v) is 5.41. The first-order valence-corrected chi connectivity index (χ1v) is 9.87. The van der Waals surface area contributed by atoms with Crippen molar-refractivity contribution < 1.29 is 17.1 Å². The number of hydrogen-bond donors (Lipinski definition) is 1. The molecule has 2 aromatic carbocycles. The summed E-state index contributed by atoms with van der Waals surface area (Å²) >= 11 is 0. The molecule has 0 aliphatic carbocycles. The van der Waals surface area contributed by atoms with Crippen LogP contribution in [-0.4, -0.2) is 48.9 Å². The Morgan fingerprint density at radius 2 is 1.78 bits per heavy atom. The molecule has 0 unspecified atom stereocenters. The normalized spacial score (nSPS) is 15.3. The maximum atomic E-state index is 5.40. The Balaban J connectivity index is 0.00000210. The molecule has 5 heteroatoms. The van der Waals surface area contributed by atoms with Crippen LogP contribution in [0.4, 0.5) is 0 Å². The van der Waals surface area contributed by atoms with Crippen molar-refractivity contribution >= 4 is 21.8 Å². The monoisotopic (exact) mass is 386 g/mol. The summed E-state index contributed by atoms with van der Waals surface area (Å²) in [5.74, 6) is 0. The van der Waals surface area contributed by atoms with Gasteiger partial charge in [0, 0.05) is 48.0 Å². The minimum absolute atomic E-state index is 0. The van der Waals surface area contributed by atoms with Gasteiger partial charge >= 0.3 is 0 Å². The van der Waals surface area contributed by atoms with Gasteiger partial charge < -0.3 is 27.0 Å². The molecule has 146 valence electrons. The standard InChI is InChI=1S/C22H29N3O.ClH/c1-2-25-21-7-4-3-6-19(21)20-16-18(8-9-22(20)25)17-23-10-5-11-24-12-14-26-15-13-24;/h3-4,6-9,16,23H,2,5,10-15,17H2,1H3;1H/p-1. The van der Waals surface area contributed by atoms with Gasteiger partial charge in [-0.05, 0) is 50.2 Å². The molecule has 0 atom stereocenters. The molecule has 4 rings (SSSR count). The van der Waals surface area contributed by atoms with Crippen molar-refractivity contribution in [1.29, 1.82) is 0 Å². The van der Waals surface area contributed by atoms with Crippen LogP contribution in [0.15, 0.2) is 42.5 Å². The topological polar surface area (TPSA) is 29.4 Å². The van der Waals surface area contributed by atoms with E-state index in [0.29, 0.717) is 0 Å². The van der Waals surface area contributed by atoms with Crippen LogP contribution in [-0.2, 0) is 17.8 Å². The highest BCUT2D eigenvalue weighted by Gasteiger charge is 2.10. The van der Waals surface area contributed by atoms with Crippen molar-refractivity contribution in [3.63, 3.8) is 0 Å². The number of aromatic nitrogens is 1. The van der Waals surface area contributed by atoms with Crippen molar-refractivity contribution in [2.24, 2.45) is 0 Å². The molecule has 2 heterocycles. The molecular weight excluding hydrogens is 358 g/mol. The molecule has 1 N–H and O–H groups in total. The van der Waals surface area contributed by atoms with Crippen molar-refractivity contribution in [2.45, 2.75) is 26.4 Å². The second-order valence-corrected chi connectivity index (χ2v) is 7.10. The van der Waals surface area contributed by atoms with E-state index in [0.717, 1.165) is 45.9 Å². The van der Waals surface area contributed by atoms with Crippen LogP contribution in [0.25, 0.3) is 21.8 Å². The number of benzene rings is 2. The predicted molar refractivity (Wildman–Crippen MR) is 109 cm³/mol. The van der Waals surface area contributed by atoms with E-state index >= 15 is 0 Å². The largest absolute Gasteiger partial charge is 1.00 e. The molecule has 4 nitrogen and oxygen atoms in total. The van der Waals surface area contributed by atoms with Crippen LogP contribution in [0.2, 0.25) is 0 Å². The summed E-state index contributed by atoms with van der Waals surface area (Å²) < 4.78 is 7.81. The lowest BCUT2D eigenvalue weighted by molar-refractivity contribution is -0.00000680. The molecule has 0 spiro atoms. The van der Waals surface area contributed by atoms with Gasteiger partial charge in [-0.2, -0.15) is 0 Å². The summed E-state index contributed by atoms with van der Waals surface area (Å²) in [5.41, 5.74) is 4.04. The molecule has 3 aromatic rings. The van der Waals surface area contributed by atoms with Crippen molar-refractivity contribution in [3.8, 4) is 0 Å². The van der Waals surface area contributed by atoms with Crippen molar-refractivity contribution in [2.75, 3.05) is 39.4 Å². The Bertz CT molecular complexity index is 870. The number of fused-ring (bicyclic) bond motifs is 3. The number of nitrogens with zero attached hydrogens (tertiary/aromatic N) is 2. The Morgan fingerprint density at radius 3 is 2.59 bits per heavy atom. The maximum Gasteiger partial charge on any atom is 0.0594 e. The fourth-order valence-electron chi connectivity index (χ4n) is 4.04. The van der Waals surface area contributed by atoms with E-state index in [-0.39, 0.29) is 12.4 Å². The average Bonchev–Trinajstić information content (AvgIpc) is 3.01. The average molecular weight is 387 g/mol. The van der Waals surface area contributed by atoms with Gasteiger partial charge in [0.15, 0.2) is 0 Å². The summed E-state index contributed by atoms with van der Waals surface area (Å²) in [6.45, 7) is 10.3. The number of nitrogens with one attached hydrogen (secondary N) is 1. The second kappa shape index (κ2) is 9.56. The lowest BCUT2D eigenvalue weighted by Gasteiger charge is -2.26. The zero-order valence-electron chi connectivity index (χ0n) is 16.1. The Morgan fingerprint density at radius 1 is 1.00 bits per heavy atom. The minimum atomic E-state index is 0. The van der Waals surface area contributed by atoms with E-state index in [2.05, 4.69) is 64.2 Å². The lowest BCUT2D eigenvalue weighted by Crippen LogP contribution is -3.00. The quantitative estimate of drug-likeness (QED) is 0.604. The Kier molecular flexibility index (Phi) is 7.13. The number of halogens is 1. The van der Waals surface area contributed by atoms with Crippen LogP contribution in [0.1, 0.15) is 18.9 Å². The van der Waals surface area contributed by atoms with Crippen molar-refractivity contribution in [1.82, 2.24) is 14.8 Å². The van der Waals surface area contributed by atoms with E-state index in [9.17, 15) is 0 Å². The Labute approximate surface area is 167 Å². The minimum Gasteiger partial charge on any atom is -1.00 e. The predicted octanol–water partition coefficient (Wildman–Crippen LogP) is 0.630. The van der Waals surface area contributed by atoms with Crippen LogP contribution in [0.5, 0.6) is 0 Å². The summed E-state index contributed by atoms with van der Waals surface area (Å²) in [4.78, 5) is 2.50. The molecule has 1 aliphatic rings. The maximum absolute atomic E-state index is 5.40. The fraction of sp³-hybridized carbons (Fsp3) is 0.455. The van der Waals surface area contributed by atoms with Gasteiger partial charge in [0.2, 0.25) is 0 Å². The zero-order valence-corrected chi connectivity index (χ0v) is 16.8. The summed E-state index contributed by atoms with van der Waals surface area (Å²) in [6.07, 6.45) is 1.19. The SMILES string of the molecule is CCn1c2ccccc2c2cc(CNCCCN3CCOCC3)ccc21.[Cl-]. The lowest BCUT2D eigenvalue weighted by atomic mass is 10.1. The van der Waals surface area contributed by atoms with Gasteiger partial charge in [0.1, 0.15) is 0 Å². The molecular formula is C22H29ClN3O-. The van der Waals surface area contributed by atoms with Gasteiger partial charge in [-0.25, -0.2) is 0 Å². The highest BCUT2D eigenvalue weighted by molar-refractivity contribution is 6.08. The molecule has 1 aromatic heterocycles. The molecule has 1 fully saturated rings. The molecule has 27 heavy (non-hydrogen) atoms. The molecule has 0 bridgehead atoms. The molecule has 0 amide bonds. The first-order chi connectivity index (χ1) is 12.9. The van der Waals surface area contributed by atoms with Gasteiger partial charge in [-0.15, -0.1) is 0 Å². The van der Waals surface area contributed by atoms with Crippen LogP contribution in [0, 0.1) is 0 Å². The van der Waals surface area contributed by atoms with Crippen LogP contribution >= 0.6 is 0 Å². The fourth-order valence-corrected chi connectivity index (χ4v) is 4.04. The van der Waals surface area contributed by atoms with E-state index in [4.69, 9.17) is 4.74 Å². The van der Waals surface area contributed by atoms with Gasteiger partial charge in [-0.3, -0.25) is 4.90 Å². The highest BCUT2D eigenvalue weighted by Crippen LogP contribution is 2.29. The molecule has 1 saturated heterocycles. The van der Waals surface area contributed by atoms with Gasteiger partial charge in [0.25, 0.3) is 0 Å². The van der Waals surface area contributed by atoms with Crippen LogP contribution < -0.4 is 17.7 Å². The summed E-state index contributed by atoms with van der Waals surface area (Å²) in [6, 6.07) is 15.6. The van der Waals surface area contributed by atoms with E-state index < -0.39 is 0 Å². The van der Waals surface area contributed by atoms with E-state index in [1.807, 2.05) is 0 Å². The smallest absolute Gasteiger partial charge is 0.0594 e. The number of morpholine rings is 1. The third kappa shape index (κ3) is 4.46. The molecule has 0 radical (unpaired) electrons. The number of aryl methyl sites for hydroxylation is 1. The Hall–Kier alpha value is -1.59. The molecule has 1 aliphatic heterocycles. The number of para-hydroxylation sites is 1.